The van der Waals surface area contributed by atoms with Crippen LogP contribution in [0.4, 0.5) is 0 Å². The van der Waals surface area contributed by atoms with Gasteiger partial charge < -0.3 is 32.5 Å². The Hall–Kier alpha value is -3.02. The maximum Gasteiger partial charge on any atom is 0.303 e. The first-order valence-corrected chi connectivity index (χ1v) is 11.3. The minimum atomic E-state index is -1.28. The highest BCUT2D eigenvalue weighted by atomic mass is 16.4. The molecule has 0 unspecified atom stereocenters. The van der Waals surface area contributed by atoms with Crippen LogP contribution in [0.1, 0.15) is 66.2 Å². The van der Waals surface area contributed by atoms with Crippen LogP contribution in [0.15, 0.2) is 0 Å². The lowest BCUT2D eigenvalue weighted by Gasteiger charge is -2.26. The lowest BCUT2D eigenvalue weighted by molar-refractivity contribution is -0.138. The number of carbonyl (C=O) groups excluding carboxylic acids is 5. The highest BCUT2D eigenvalue weighted by Crippen LogP contribution is 2.09. The van der Waals surface area contributed by atoms with Crippen LogP contribution >= 0.6 is 0 Å². The molecule has 193 valence electrons. The first-order valence-electron chi connectivity index (χ1n) is 11.3. The van der Waals surface area contributed by atoms with Crippen LogP contribution in [0, 0.1) is 11.8 Å². The molecule has 0 aliphatic heterocycles. The quantitative estimate of drug-likeness (QED) is 0.152. The fourth-order valence-electron chi connectivity index (χ4n) is 3.10. The van der Waals surface area contributed by atoms with Gasteiger partial charge in [-0.2, -0.15) is 0 Å². The summed E-state index contributed by atoms with van der Waals surface area (Å²) >= 11 is 0. The Bertz CT molecular complexity index is 726. The van der Waals surface area contributed by atoms with E-state index in [9.17, 15) is 28.8 Å². The summed E-state index contributed by atoms with van der Waals surface area (Å²) in [6, 6.07) is -4.29. The van der Waals surface area contributed by atoms with Crippen LogP contribution in [0.3, 0.4) is 0 Å². The maximum absolute atomic E-state index is 12.9. The molecule has 0 bridgehead atoms. The molecule has 12 heteroatoms. The molecular weight excluding hydrogens is 446 g/mol. The number of hydrogen-bond acceptors (Lipinski definition) is 7. The predicted octanol–water partition coefficient (Wildman–Crippen LogP) is -0.900. The Morgan fingerprint density at radius 2 is 1.32 bits per heavy atom. The Morgan fingerprint density at radius 3 is 1.79 bits per heavy atom. The fourth-order valence-corrected chi connectivity index (χ4v) is 3.10. The molecule has 4 amide bonds. The number of aliphatic carboxylic acids is 1. The van der Waals surface area contributed by atoms with Crippen molar-refractivity contribution in [3.05, 3.63) is 0 Å². The summed E-state index contributed by atoms with van der Waals surface area (Å²) in [4.78, 5) is 71.2. The summed E-state index contributed by atoms with van der Waals surface area (Å²) in [5.41, 5.74) is 10.8. The number of carboxylic acid groups (broad SMARTS) is 1. The average molecular weight is 485 g/mol. The van der Waals surface area contributed by atoms with E-state index in [0.717, 1.165) is 0 Å². The predicted molar refractivity (Wildman–Crippen MR) is 124 cm³/mol. The third-order valence-corrected chi connectivity index (χ3v) is 4.82. The molecule has 12 nitrogen and oxygen atoms in total. The van der Waals surface area contributed by atoms with Gasteiger partial charge in [-0.3, -0.25) is 28.8 Å². The number of carbonyl (C=O) groups is 5. The summed E-state index contributed by atoms with van der Waals surface area (Å²) in [6.07, 6.45) is 1.53. The van der Waals surface area contributed by atoms with Gasteiger partial charge in [0.25, 0.3) is 0 Å². The number of nitrogens with one attached hydrogen (secondary N) is 3. The number of rotatable bonds is 17. The summed E-state index contributed by atoms with van der Waals surface area (Å²) < 4.78 is 0. The molecule has 0 aliphatic carbocycles. The monoisotopic (exact) mass is 484 g/mol. The SMILES string of the molecule is CC(C)C[C@@H]([C]=O)NC(=O)[C@H](CC(C)C)NC(=O)[C@H](CCC(=O)O)NC(=O)[C@@H](N)CCC(N)=O. The largest absolute Gasteiger partial charge is 0.481 e. The molecular formula is C22H38N5O7. The molecule has 0 aromatic rings. The van der Waals surface area contributed by atoms with Crippen molar-refractivity contribution in [2.45, 2.75) is 90.4 Å². The van der Waals surface area contributed by atoms with Crippen molar-refractivity contribution in [2.24, 2.45) is 23.3 Å². The first kappa shape index (κ1) is 31.0. The van der Waals surface area contributed by atoms with E-state index in [1.165, 1.54) is 0 Å². The Labute approximate surface area is 199 Å². The molecule has 1 radical (unpaired) electrons. The maximum atomic E-state index is 12.9. The molecule has 0 heterocycles. The normalized spacial score (nSPS) is 14.6. The van der Waals surface area contributed by atoms with Gasteiger partial charge in [0.15, 0.2) is 0 Å². The van der Waals surface area contributed by atoms with E-state index < -0.39 is 60.2 Å². The summed E-state index contributed by atoms with van der Waals surface area (Å²) in [6.45, 7) is 7.44. The Balaban J connectivity index is 5.46. The molecule has 0 saturated heterocycles. The fraction of sp³-hybridized carbons (Fsp3) is 0.727. The van der Waals surface area contributed by atoms with Gasteiger partial charge in [0.2, 0.25) is 29.9 Å². The second-order valence-electron chi connectivity index (χ2n) is 9.10. The van der Waals surface area contributed by atoms with Crippen LogP contribution < -0.4 is 27.4 Å². The van der Waals surface area contributed by atoms with Gasteiger partial charge in [-0.1, -0.05) is 27.7 Å². The topological polar surface area (TPSA) is 211 Å². The summed E-state index contributed by atoms with van der Waals surface area (Å²) in [5, 5.41) is 16.5. The number of hydrogen-bond donors (Lipinski definition) is 6. The molecule has 0 aromatic heterocycles. The van der Waals surface area contributed by atoms with Crippen LogP contribution in [-0.2, 0) is 28.8 Å². The number of carboxylic acids is 1. The Kier molecular flexibility index (Phi) is 14.4. The van der Waals surface area contributed by atoms with Crippen LogP contribution in [0.5, 0.6) is 0 Å². The Morgan fingerprint density at radius 1 is 0.794 bits per heavy atom. The highest BCUT2D eigenvalue weighted by Gasteiger charge is 2.30. The molecule has 0 saturated carbocycles. The zero-order chi connectivity index (χ0) is 26.4. The molecule has 34 heavy (non-hydrogen) atoms. The van der Waals surface area contributed by atoms with Gasteiger partial charge in [-0.05, 0) is 37.5 Å². The van der Waals surface area contributed by atoms with Crippen molar-refractivity contribution in [3.8, 4) is 0 Å². The number of nitrogens with two attached hydrogens (primary N) is 2. The van der Waals surface area contributed by atoms with Gasteiger partial charge in [-0.25, -0.2) is 0 Å². The zero-order valence-electron chi connectivity index (χ0n) is 20.3. The third kappa shape index (κ3) is 13.5. The van der Waals surface area contributed by atoms with Gasteiger partial charge >= 0.3 is 5.97 Å². The second-order valence-corrected chi connectivity index (χ2v) is 9.10. The molecule has 0 spiro atoms. The average Bonchev–Trinajstić information content (AvgIpc) is 2.72. The van der Waals surface area contributed by atoms with E-state index in [-0.39, 0.29) is 37.5 Å². The van der Waals surface area contributed by atoms with Crippen molar-refractivity contribution in [3.63, 3.8) is 0 Å². The van der Waals surface area contributed by atoms with Gasteiger partial charge in [-0.15, -0.1) is 0 Å². The van der Waals surface area contributed by atoms with Crippen molar-refractivity contribution in [2.75, 3.05) is 0 Å². The summed E-state index contributed by atoms with van der Waals surface area (Å²) in [7, 11) is 0. The van der Waals surface area contributed by atoms with Gasteiger partial charge in [0.1, 0.15) is 12.1 Å². The van der Waals surface area contributed by atoms with Crippen molar-refractivity contribution in [1.82, 2.24) is 16.0 Å². The second kappa shape index (κ2) is 15.8. The molecule has 0 aliphatic rings. The minimum Gasteiger partial charge on any atom is -0.481 e. The van der Waals surface area contributed by atoms with Crippen molar-refractivity contribution in [1.29, 1.82) is 0 Å². The van der Waals surface area contributed by atoms with Crippen molar-refractivity contribution >= 4 is 35.9 Å². The van der Waals surface area contributed by atoms with Gasteiger partial charge in [0, 0.05) is 12.8 Å². The van der Waals surface area contributed by atoms with E-state index in [1.54, 1.807) is 6.29 Å². The minimum absolute atomic E-state index is 0.00547. The van der Waals surface area contributed by atoms with Crippen molar-refractivity contribution < 1.29 is 33.9 Å². The molecule has 4 atom stereocenters. The number of amides is 4. The molecule has 8 N–H and O–H groups in total. The van der Waals surface area contributed by atoms with E-state index in [0.29, 0.717) is 6.42 Å². The molecule has 0 aromatic carbocycles. The van der Waals surface area contributed by atoms with E-state index >= 15 is 0 Å². The van der Waals surface area contributed by atoms with Crippen LogP contribution in [-0.4, -0.2) is 65.2 Å². The van der Waals surface area contributed by atoms with E-state index in [4.69, 9.17) is 16.6 Å². The lowest BCUT2D eigenvalue weighted by atomic mass is 10.00. The first-order chi connectivity index (χ1) is 15.8. The standard InChI is InChI=1S/C22H38N5O7/c1-12(2)9-14(11-28)25-22(34)17(10-13(3)4)27-21(33)16(6-8-19(30)31)26-20(32)15(23)5-7-18(24)29/h12-17H,5-10,23H2,1-4H3,(H2,24,29)(H,25,34)(H,26,32)(H,27,33)(H,30,31)/t14-,15-,16-,17-/m0/s1. The van der Waals surface area contributed by atoms with E-state index in [1.807, 2.05) is 27.7 Å². The lowest BCUT2D eigenvalue weighted by Crippen LogP contribution is -2.57. The van der Waals surface area contributed by atoms with Crippen LogP contribution in [0.25, 0.3) is 0 Å². The highest BCUT2D eigenvalue weighted by molar-refractivity contribution is 5.94. The number of primary amides is 1. The van der Waals surface area contributed by atoms with Crippen LogP contribution in [0.2, 0.25) is 0 Å². The molecule has 0 fully saturated rings. The third-order valence-electron chi connectivity index (χ3n) is 4.82. The smallest absolute Gasteiger partial charge is 0.303 e. The zero-order valence-corrected chi connectivity index (χ0v) is 20.3. The van der Waals surface area contributed by atoms with E-state index in [2.05, 4.69) is 16.0 Å². The summed E-state index contributed by atoms with van der Waals surface area (Å²) in [5.74, 6) is -3.82. The van der Waals surface area contributed by atoms with Gasteiger partial charge in [0.05, 0.1) is 12.1 Å². The molecule has 0 rings (SSSR count).